The fourth-order valence-corrected chi connectivity index (χ4v) is 2.51. The minimum Gasteiger partial charge on any atom is -0.305 e. The Bertz CT molecular complexity index is 362. The van der Waals surface area contributed by atoms with Gasteiger partial charge in [-0.3, -0.25) is 9.52 Å². The van der Waals surface area contributed by atoms with E-state index in [4.69, 9.17) is 0 Å². The summed E-state index contributed by atoms with van der Waals surface area (Å²) in [6, 6.07) is -0.428. The molecule has 1 saturated heterocycles. The van der Waals surface area contributed by atoms with Gasteiger partial charge in [0, 0.05) is 0 Å². The van der Waals surface area contributed by atoms with Crippen molar-refractivity contribution in [2.24, 2.45) is 5.41 Å². The molecule has 0 radical (unpaired) electrons. The molecule has 0 aromatic carbocycles. The van der Waals surface area contributed by atoms with Crippen LogP contribution in [0.3, 0.4) is 0 Å². The van der Waals surface area contributed by atoms with E-state index >= 15 is 0 Å². The summed E-state index contributed by atoms with van der Waals surface area (Å²) in [6.45, 7) is 6.21. The molecule has 1 unspecified atom stereocenters. The van der Waals surface area contributed by atoms with Gasteiger partial charge in [-0.2, -0.15) is 0 Å². The number of hydrogen-bond donors (Lipinski definition) is 2. The molecule has 1 aliphatic heterocycles. The van der Waals surface area contributed by atoms with Gasteiger partial charge in [-0.05, 0) is 31.7 Å². The highest BCUT2D eigenvalue weighted by Gasteiger charge is 2.38. The van der Waals surface area contributed by atoms with Crippen molar-refractivity contribution in [2.45, 2.75) is 39.7 Å². The van der Waals surface area contributed by atoms with Crippen molar-refractivity contribution in [3.05, 3.63) is 0 Å². The first-order valence-corrected chi connectivity index (χ1v) is 7.21. The molecule has 0 saturated carbocycles. The number of rotatable bonds is 3. The molecule has 1 heterocycles. The van der Waals surface area contributed by atoms with Gasteiger partial charge in [0.1, 0.15) is 0 Å². The molecule has 5 nitrogen and oxygen atoms in total. The number of sulfonamides is 1. The lowest BCUT2D eigenvalue weighted by Gasteiger charge is -2.38. The van der Waals surface area contributed by atoms with E-state index in [-0.39, 0.29) is 11.2 Å². The zero-order valence-electron chi connectivity index (χ0n) is 10.0. The summed E-state index contributed by atoms with van der Waals surface area (Å²) in [5, 5.41) is 3.08. The van der Waals surface area contributed by atoms with E-state index < -0.39 is 22.0 Å². The lowest BCUT2D eigenvalue weighted by atomic mass is 9.77. The van der Waals surface area contributed by atoms with Gasteiger partial charge in [-0.25, -0.2) is 8.42 Å². The number of piperidine rings is 1. The molecule has 1 rings (SSSR count). The van der Waals surface area contributed by atoms with Gasteiger partial charge in [0.25, 0.3) is 5.91 Å². The molecular formula is C10H20N2O3S. The Morgan fingerprint density at radius 3 is 2.62 bits per heavy atom. The van der Waals surface area contributed by atoms with Gasteiger partial charge < -0.3 is 5.32 Å². The van der Waals surface area contributed by atoms with E-state index in [9.17, 15) is 13.2 Å². The molecule has 1 amide bonds. The Morgan fingerprint density at radius 2 is 2.12 bits per heavy atom. The fourth-order valence-electron chi connectivity index (χ4n) is 1.94. The standard InChI is InChI=1S/C10H20N2O3S/c1-4-16(14,15)12-9(13)8-10(2,3)6-5-7-11-8/h8,11H,4-7H2,1-3H3,(H,12,13). The van der Waals surface area contributed by atoms with Gasteiger partial charge in [0.15, 0.2) is 0 Å². The Balaban J connectivity index is 2.73. The van der Waals surface area contributed by atoms with Crippen molar-refractivity contribution in [1.82, 2.24) is 10.0 Å². The summed E-state index contributed by atoms with van der Waals surface area (Å²) >= 11 is 0. The molecule has 0 spiro atoms. The molecule has 94 valence electrons. The molecule has 1 aliphatic rings. The van der Waals surface area contributed by atoms with Crippen LogP contribution in [0.4, 0.5) is 0 Å². The van der Waals surface area contributed by atoms with E-state index in [1.165, 1.54) is 6.92 Å². The van der Waals surface area contributed by atoms with Crippen LogP contribution >= 0.6 is 0 Å². The molecule has 1 fully saturated rings. The van der Waals surface area contributed by atoms with Crippen LogP contribution in [-0.4, -0.2) is 32.7 Å². The molecule has 16 heavy (non-hydrogen) atoms. The highest BCUT2D eigenvalue weighted by Crippen LogP contribution is 2.30. The predicted octanol–water partition coefficient (Wildman–Crippen LogP) is 0.230. The zero-order valence-corrected chi connectivity index (χ0v) is 10.9. The smallest absolute Gasteiger partial charge is 0.251 e. The number of amides is 1. The van der Waals surface area contributed by atoms with Crippen molar-refractivity contribution >= 4 is 15.9 Å². The summed E-state index contributed by atoms with van der Waals surface area (Å²) in [6.07, 6.45) is 1.93. The third kappa shape index (κ3) is 3.18. The summed E-state index contributed by atoms with van der Waals surface area (Å²) in [5.74, 6) is -0.516. The molecular weight excluding hydrogens is 228 g/mol. The first-order valence-electron chi connectivity index (χ1n) is 5.56. The molecule has 0 bridgehead atoms. The number of hydrogen-bond acceptors (Lipinski definition) is 4. The lowest BCUT2D eigenvalue weighted by molar-refractivity contribution is -0.124. The maximum absolute atomic E-state index is 11.8. The van der Waals surface area contributed by atoms with Crippen LogP contribution in [0.2, 0.25) is 0 Å². The third-order valence-electron chi connectivity index (χ3n) is 3.03. The number of carbonyl (C=O) groups is 1. The van der Waals surface area contributed by atoms with E-state index in [0.717, 1.165) is 19.4 Å². The van der Waals surface area contributed by atoms with Crippen molar-refractivity contribution < 1.29 is 13.2 Å². The van der Waals surface area contributed by atoms with Crippen LogP contribution < -0.4 is 10.0 Å². The number of nitrogens with one attached hydrogen (secondary N) is 2. The van der Waals surface area contributed by atoms with E-state index in [2.05, 4.69) is 10.0 Å². The van der Waals surface area contributed by atoms with E-state index in [1.807, 2.05) is 13.8 Å². The van der Waals surface area contributed by atoms with Crippen LogP contribution in [0.5, 0.6) is 0 Å². The Morgan fingerprint density at radius 1 is 1.50 bits per heavy atom. The minimum atomic E-state index is -3.46. The predicted molar refractivity (Wildman–Crippen MR) is 62.4 cm³/mol. The highest BCUT2D eigenvalue weighted by molar-refractivity contribution is 7.90. The summed E-state index contributed by atoms with van der Waals surface area (Å²) in [4.78, 5) is 11.8. The zero-order chi connectivity index (χ0) is 12.4. The summed E-state index contributed by atoms with van der Waals surface area (Å²) in [5.41, 5.74) is -0.203. The molecule has 2 N–H and O–H groups in total. The first-order chi connectivity index (χ1) is 7.28. The highest BCUT2D eigenvalue weighted by atomic mass is 32.2. The average molecular weight is 248 g/mol. The maximum atomic E-state index is 11.8. The quantitative estimate of drug-likeness (QED) is 0.750. The molecule has 6 heteroatoms. The maximum Gasteiger partial charge on any atom is 0.251 e. The second kappa shape index (κ2) is 4.71. The van der Waals surface area contributed by atoms with E-state index in [0.29, 0.717) is 0 Å². The molecule has 0 aliphatic carbocycles. The van der Waals surface area contributed by atoms with Crippen molar-refractivity contribution in [2.75, 3.05) is 12.3 Å². The van der Waals surface area contributed by atoms with Crippen LogP contribution in [0, 0.1) is 5.41 Å². The van der Waals surface area contributed by atoms with E-state index in [1.54, 1.807) is 0 Å². The normalized spacial score (nSPS) is 25.1. The van der Waals surface area contributed by atoms with Gasteiger partial charge in [-0.15, -0.1) is 0 Å². The van der Waals surface area contributed by atoms with Gasteiger partial charge in [-0.1, -0.05) is 13.8 Å². The van der Waals surface area contributed by atoms with Crippen LogP contribution in [0.1, 0.15) is 33.6 Å². The lowest BCUT2D eigenvalue weighted by Crippen LogP contribution is -2.56. The monoisotopic (exact) mass is 248 g/mol. The third-order valence-corrected chi connectivity index (χ3v) is 4.30. The topological polar surface area (TPSA) is 75.3 Å². The fraction of sp³-hybridized carbons (Fsp3) is 0.900. The molecule has 0 aromatic rings. The summed E-state index contributed by atoms with van der Waals surface area (Å²) < 4.78 is 24.7. The van der Waals surface area contributed by atoms with Crippen LogP contribution in [0.15, 0.2) is 0 Å². The second-order valence-corrected chi connectivity index (χ2v) is 6.86. The van der Waals surface area contributed by atoms with Gasteiger partial charge in [0.2, 0.25) is 10.0 Å². The number of carbonyl (C=O) groups excluding carboxylic acids is 1. The minimum absolute atomic E-state index is 0.0775. The molecule has 1 atom stereocenters. The molecule has 0 aromatic heterocycles. The largest absolute Gasteiger partial charge is 0.305 e. The Kier molecular flexibility index (Phi) is 3.96. The van der Waals surface area contributed by atoms with Crippen LogP contribution in [0.25, 0.3) is 0 Å². The SMILES string of the molecule is CCS(=O)(=O)NC(=O)C1NCCCC1(C)C. The van der Waals surface area contributed by atoms with Crippen LogP contribution in [-0.2, 0) is 14.8 Å². The first kappa shape index (κ1) is 13.4. The van der Waals surface area contributed by atoms with Crippen molar-refractivity contribution in [3.8, 4) is 0 Å². The average Bonchev–Trinajstić information content (AvgIpc) is 2.16. The van der Waals surface area contributed by atoms with Crippen molar-refractivity contribution in [3.63, 3.8) is 0 Å². The van der Waals surface area contributed by atoms with Crippen molar-refractivity contribution in [1.29, 1.82) is 0 Å². The van der Waals surface area contributed by atoms with Gasteiger partial charge in [0.05, 0.1) is 11.8 Å². The summed E-state index contributed by atoms with van der Waals surface area (Å²) in [7, 11) is -3.46. The van der Waals surface area contributed by atoms with Gasteiger partial charge >= 0.3 is 0 Å². The Labute approximate surface area is 97.0 Å². The Hall–Kier alpha value is -0.620. The second-order valence-electron chi connectivity index (χ2n) is 4.85.